The maximum atomic E-state index is 12.6. The standard InChI is InChI=1S/C26H24BrNO4S/c1-3-11-28-25(29)23(33-26(28)30)15-18-13-21(27)24(22(14-18)31-4-2)32-16-17-9-10-19-7-5-6-8-20(19)12-17/h5-10,12-15H,3-4,11,16H2,1-2H3/b23-15+. The van der Waals surface area contributed by atoms with Crippen molar-refractivity contribution in [2.45, 2.75) is 26.9 Å². The van der Waals surface area contributed by atoms with Crippen molar-refractivity contribution in [2.24, 2.45) is 0 Å². The van der Waals surface area contributed by atoms with Crippen LogP contribution in [-0.4, -0.2) is 29.2 Å². The lowest BCUT2D eigenvalue weighted by atomic mass is 10.1. The molecule has 1 heterocycles. The van der Waals surface area contributed by atoms with E-state index in [1.165, 1.54) is 10.3 Å². The van der Waals surface area contributed by atoms with Crippen LogP contribution in [-0.2, 0) is 11.4 Å². The van der Waals surface area contributed by atoms with Gasteiger partial charge in [-0.05, 0) is 87.2 Å². The number of nitrogens with zero attached hydrogens (tertiary/aromatic N) is 1. The number of thioether (sulfide) groups is 1. The van der Waals surface area contributed by atoms with E-state index in [9.17, 15) is 9.59 Å². The zero-order valence-corrected chi connectivity index (χ0v) is 20.9. The molecule has 170 valence electrons. The van der Waals surface area contributed by atoms with Crippen molar-refractivity contribution in [1.82, 2.24) is 4.90 Å². The highest BCUT2D eigenvalue weighted by Gasteiger charge is 2.34. The number of imide groups is 1. The predicted molar refractivity (Wildman–Crippen MR) is 137 cm³/mol. The van der Waals surface area contributed by atoms with E-state index in [-0.39, 0.29) is 11.1 Å². The van der Waals surface area contributed by atoms with E-state index in [2.05, 4.69) is 46.3 Å². The molecule has 33 heavy (non-hydrogen) atoms. The van der Waals surface area contributed by atoms with Gasteiger partial charge in [0.05, 0.1) is 16.0 Å². The molecular formula is C26H24BrNO4S. The van der Waals surface area contributed by atoms with Gasteiger partial charge in [0.25, 0.3) is 11.1 Å². The number of halogens is 1. The van der Waals surface area contributed by atoms with Gasteiger partial charge in [-0.2, -0.15) is 0 Å². The monoisotopic (exact) mass is 525 g/mol. The first-order chi connectivity index (χ1) is 16.0. The van der Waals surface area contributed by atoms with Crippen molar-refractivity contribution in [3.8, 4) is 11.5 Å². The van der Waals surface area contributed by atoms with Crippen LogP contribution in [0.1, 0.15) is 31.4 Å². The zero-order chi connectivity index (χ0) is 23.4. The average molecular weight is 526 g/mol. The molecule has 0 radical (unpaired) electrons. The fraction of sp³-hybridized carbons (Fsp3) is 0.231. The normalized spacial score (nSPS) is 15.0. The lowest BCUT2D eigenvalue weighted by Crippen LogP contribution is -2.28. The molecule has 1 aliphatic rings. The Morgan fingerprint density at radius 3 is 2.55 bits per heavy atom. The number of hydrogen-bond donors (Lipinski definition) is 0. The van der Waals surface area contributed by atoms with Crippen molar-refractivity contribution in [2.75, 3.05) is 13.2 Å². The Morgan fingerprint density at radius 1 is 1.00 bits per heavy atom. The van der Waals surface area contributed by atoms with Crippen molar-refractivity contribution in [1.29, 1.82) is 0 Å². The summed E-state index contributed by atoms with van der Waals surface area (Å²) in [6.45, 7) is 5.13. The summed E-state index contributed by atoms with van der Waals surface area (Å²) >= 11 is 4.56. The van der Waals surface area contributed by atoms with E-state index < -0.39 is 0 Å². The Labute approximate surface area is 205 Å². The molecule has 0 bridgehead atoms. The van der Waals surface area contributed by atoms with Crippen LogP contribution in [0.3, 0.4) is 0 Å². The van der Waals surface area contributed by atoms with Crippen LogP contribution in [0.4, 0.5) is 4.79 Å². The molecule has 1 saturated heterocycles. The molecule has 0 atom stereocenters. The first-order valence-corrected chi connectivity index (χ1v) is 12.4. The number of carbonyl (C=O) groups is 2. The molecule has 3 aromatic rings. The highest BCUT2D eigenvalue weighted by molar-refractivity contribution is 9.10. The number of carbonyl (C=O) groups excluding carboxylic acids is 2. The summed E-state index contributed by atoms with van der Waals surface area (Å²) in [7, 11) is 0. The Hall–Kier alpha value is -2.77. The number of amides is 2. The summed E-state index contributed by atoms with van der Waals surface area (Å²) < 4.78 is 12.7. The smallest absolute Gasteiger partial charge is 0.293 e. The summed E-state index contributed by atoms with van der Waals surface area (Å²) in [6.07, 6.45) is 2.45. The fourth-order valence-electron chi connectivity index (χ4n) is 3.63. The van der Waals surface area contributed by atoms with Gasteiger partial charge in [-0.3, -0.25) is 14.5 Å². The third-order valence-electron chi connectivity index (χ3n) is 5.15. The summed E-state index contributed by atoms with van der Waals surface area (Å²) in [6, 6.07) is 18.2. The molecule has 4 rings (SSSR count). The van der Waals surface area contributed by atoms with Crippen LogP contribution in [0.15, 0.2) is 64.0 Å². The molecule has 0 aliphatic carbocycles. The van der Waals surface area contributed by atoms with Gasteiger partial charge in [0.2, 0.25) is 0 Å². The molecule has 5 nitrogen and oxygen atoms in total. The van der Waals surface area contributed by atoms with Crippen LogP contribution < -0.4 is 9.47 Å². The van der Waals surface area contributed by atoms with E-state index >= 15 is 0 Å². The van der Waals surface area contributed by atoms with Crippen LogP contribution in [0.5, 0.6) is 11.5 Å². The van der Waals surface area contributed by atoms with Gasteiger partial charge in [-0.1, -0.05) is 43.3 Å². The molecule has 2 amide bonds. The van der Waals surface area contributed by atoms with Gasteiger partial charge < -0.3 is 9.47 Å². The van der Waals surface area contributed by atoms with Crippen molar-refractivity contribution in [3.05, 3.63) is 75.1 Å². The Kier molecular flexibility index (Phi) is 7.40. The van der Waals surface area contributed by atoms with Crippen LogP contribution in [0.2, 0.25) is 0 Å². The van der Waals surface area contributed by atoms with Gasteiger partial charge in [0.1, 0.15) is 6.61 Å². The summed E-state index contributed by atoms with van der Waals surface area (Å²) in [5.41, 5.74) is 1.81. The molecule has 0 N–H and O–H groups in total. The molecule has 7 heteroatoms. The van der Waals surface area contributed by atoms with E-state index in [1.54, 1.807) is 6.08 Å². The number of hydrogen-bond acceptors (Lipinski definition) is 5. The molecule has 1 aliphatic heterocycles. The maximum Gasteiger partial charge on any atom is 0.293 e. The minimum atomic E-state index is -0.252. The number of rotatable bonds is 8. The second-order valence-corrected chi connectivity index (χ2v) is 9.41. The van der Waals surface area contributed by atoms with Gasteiger partial charge in [0, 0.05) is 6.54 Å². The Bertz CT molecular complexity index is 1240. The summed E-state index contributed by atoms with van der Waals surface area (Å²) in [5.74, 6) is 0.922. The van der Waals surface area contributed by atoms with Crippen molar-refractivity contribution < 1.29 is 19.1 Å². The molecular weight excluding hydrogens is 502 g/mol. The molecule has 0 unspecified atom stereocenters. The first kappa shape index (κ1) is 23.4. The second-order valence-electron chi connectivity index (χ2n) is 7.57. The average Bonchev–Trinajstić information content (AvgIpc) is 3.06. The largest absolute Gasteiger partial charge is 0.490 e. The van der Waals surface area contributed by atoms with Crippen molar-refractivity contribution in [3.63, 3.8) is 0 Å². The Balaban J connectivity index is 1.58. The summed E-state index contributed by atoms with van der Waals surface area (Å²) in [4.78, 5) is 26.4. The molecule has 3 aromatic carbocycles. The molecule has 0 aromatic heterocycles. The molecule has 0 spiro atoms. The number of benzene rings is 3. The highest BCUT2D eigenvalue weighted by atomic mass is 79.9. The quantitative estimate of drug-likeness (QED) is 0.295. The minimum absolute atomic E-state index is 0.229. The third kappa shape index (κ3) is 5.25. The lowest BCUT2D eigenvalue weighted by Gasteiger charge is -2.15. The second kappa shape index (κ2) is 10.4. The zero-order valence-electron chi connectivity index (χ0n) is 18.5. The summed E-state index contributed by atoms with van der Waals surface area (Å²) in [5, 5.41) is 2.12. The van der Waals surface area contributed by atoms with Crippen LogP contribution >= 0.6 is 27.7 Å². The number of fused-ring (bicyclic) bond motifs is 1. The Morgan fingerprint density at radius 2 is 1.79 bits per heavy atom. The van der Waals surface area contributed by atoms with E-state index in [0.29, 0.717) is 40.6 Å². The van der Waals surface area contributed by atoms with E-state index in [4.69, 9.17) is 9.47 Å². The van der Waals surface area contributed by atoms with Crippen molar-refractivity contribution >= 4 is 55.7 Å². The van der Waals surface area contributed by atoms with Gasteiger partial charge in [-0.15, -0.1) is 0 Å². The van der Waals surface area contributed by atoms with Crippen LogP contribution in [0.25, 0.3) is 16.8 Å². The minimum Gasteiger partial charge on any atom is -0.490 e. The molecule has 0 saturated carbocycles. The highest BCUT2D eigenvalue weighted by Crippen LogP contribution is 2.39. The maximum absolute atomic E-state index is 12.6. The third-order valence-corrected chi connectivity index (χ3v) is 6.64. The van der Waals surface area contributed by atoms with Gasteiger partial charge >= 0.3 is 0 Å². The van der Waals surface area contributed by atoms with Crippen LogP contribution in [0, 0.1) is 0 Å². The fourth-order valence-corrected chi connectivity index (χ4v) is 5.07. The topological polar surface area (TPSA) is 55.8 Å². The lowest BCUT2D eigenvalue weighted by molar-refractivity contribution is -0.122. The molecule has 1 fully saturated rings. The van der Waals surface area contributed by atoms with Gasteiger partial charge in [-0.25, -0.2) is 0 Å². The van der Waals surface area contributed by atoms with Gasteiger partial charge in [0.15, 0.2) is 11.5 Å². The van der Waals surface area contributed by atoms with E-state index in [0.717, 1.165) is 34.7 Å². The number of ether oxygens (including phenoxy) is 2. The SMILES string of the molecule is CCCN1C(=O)S/C(=C/c2cc(Br)c(OCc3ccc4ccccc4c3)c(OCC)c2)C1=O. The van der Waals surface area contributed by atoms with E-state index in [1.807, 2.05) is 38.1 Å². The predicted octanol–water partition coefficient (Wildman–Crippen LogP) is 7.03. The first-order valence-electron chi connectivity index (χ1n) is 10.8.